The van der Waals surface area contributed by atoms with E-state index in [0.29, 0.717) is 12.3 Å². The van der Waals surface area contributed by atoms with Gasteiger partial charge in [-0.15, -0.1) is 22.7 Å². The molecule has 1 saturated heterocycles. The molecule has 0 aliphatic carbocycles. The summed E-state index contributed by atoms with van der Waals surface area (Å²) in [5.41, 5.74) is 0.823. The van der Waals surface area contributed by atoms with Crippen molar-refractivity contribution in [2.24, 2.45) is 5.92 Å². The van der Waals surface area contributed by atoms with E-state index in [-0.39, 0.29) is 11.9 Å². The van der Waals surface area contributed by atoms with Crippen molar-refractivity contribution < 1.29 is 4.79 Å². The zero-order valence-electron chi connectivity index (χ0n) is 12.3. The summed E-state index contributed by atoms with van der Waals surface area (Å²) in [5, 5.41) is 9.36. The van der Waals surface area contributed by atoms with Crippen molar-refractivity contribution in [3.63, 3.8) is 0 Å². The summed E-state index contributed by atoms with van der Waals surface area (Å²) in [6, 6.07) is 4.10. The van der Waals surface area contributed by atoms with E-state index in [1.54, 1.807) is 11.3 Å². The van der Waals surface area contributed by atoms with Gasteiger partial charge in [-0.1, -0.05) is 18.5 Å². The molecule has 2 atom stereocenters. The molecule has 0 spiro atoms. The van der Waals surface area contributed by atoms with Crippen LogP contribution in [0.3, 0.4) is 0 Å². The predicted molar refractivity (Wildman–Crippen MR) is 92.7 cm³/mol. The van der Waals surface area contributed by atoms with Gasteiger partial charge < -0.3 is 10.6 Å². The minimum atomic E-state index is 0.0554. The lowest BCUT2D eigenvalue weighted by atomic mass is 9.95. The minimum absolute atomic E-state index is 0.0554. The van der Waals surface area contributed by atoms with E-state index in [2.05, 4.69) is 22.5 Å². The van der Waals surface area contributed by atoms with Crippen LogP contribution < -0.4 is 10.6 Å². The molecule has 4 nitrogen and oxygen atoms in total. The number of amides is 1. The van der Waals surface area contributed by atoms with Crippen LogP contribution in [0, 0.1) is 5.92 Å². The smallest absolute Gasteiger partial charge is 0.226 e. The number of hydrogen-bond donors (Lipinski definition) is 2. The number of thiophene rings is 1. The Labute approximate surface area is 142 Å². The highest BCUT2D eigenvalue weighted by atomic mass is 35.5. The lowest BCUT2D eigenvalue weighted by Crippen LogP contribution is -2.48. The molecule has 1 amide bonds. The molecule has 3 heterocycles. The fraction of sp³-hybridized carbons (Fsp3) is 0.467. The second-order valence-electron chi connectivity index (χ2n) is 5.57. The molecule has 2 unspecified atom stereocenters. The highest BCUT2D eigenvalue weighted by Crippen LogP contribution is 2.32. The highest BCUT2D eigenvalue weighted by molar-refractivity contribution is 7.23. The van der Waals surface area contributed by atoms with Crippen LogP contribution >= 0.6 is 34.3 Å². The van der Waals surface area contributed by atoms with Crippen LogP contribution in [0.4, 0.5) is 0 Å². The van der Waals surface area contributed by atoms with E-state index in [0.717, 1.165) is 39.4 Å². The average Bonchev–Trinajstić information content (AvgIpc) is 3.10. The highest BCUT2D eigenvalue weighted by Gasteiger charge is 2.22. The van der Waals surface area contributed by atoms with Crippen molar-refractivity contribution in [1.29, 1.82) is 0 Å². The molecule has 0 radical (unpaired) electrons. The Bertz CT molecular complexity index is 655. The number of carbonyl (C=O) groups is 1. The number of aromatic nitrogens is 1. The average molecular weight is 356 g/mol. The van der Waals surface area contributed by atoms with Gasteiger partial charge in [-0.3, -0.25) is 4.79 Å². The van der Waals surface area contributed by atoms with Crippen LogP contribution in [-0.4, -0.2) is 30.0 Å². The van der Waals surface area contributed by atoms with Crippen LogP contribution in [-0.2, 0) is 11.2 Å². The van der Waals surface area contributed by atoms with Crippen LogP contribution in [0.5, 0.6) is 0 Å². The van der Waals surface area contributed by atoms with Gasteiger partial charge in [0.15, 0.2) is 0 Å². The summed E-state index contributed by atoms with van der Waals surface area (Å²) >= 11 is 9.01. The van der Waals surface area contributed by atoms with Crippen molar-refractivity contribution in [3.8, 4) is 9.88 Å². The quantitative estimate of drug-likeness (QED) is 0.885. The Hall–Kier alpha value is -0.950. The molecule has 0 saturated carbocycles. The lowest BCUT2D eigenvalue weighted by molar-refractivity contribution is -0.121. The Morgan fingerprint density at radius 3 is 3.14 bits per heavy atom. The summed E-state index contributed by atoms with van der Waals surface area (Å²) in [4.78, 5) is 17.8. The predicted octanol–water partition coefficient (Wildman–Crippen LogP) is 3.18. The van der Waals surface area contributed by atoms with Crippen LogP contribution in [0.1, 0.15) is 19.0 Å². The van der Waals surface area contributed by atoms with E-state index in [4.69, 9.17) is 11.6 Å². The van der Waals surface area contributed by atoms with E-state index in [1.807, 2.05) is 17.5 Å². The van der Waals surface area contributed by atoms with Gasteiger partial charge in [0.2, 0.25) is 5.91 Å². The molecule has 22 heavy (non-hydrogen) atoms. The molecule has 7 heteroatoms. The van der Waals surface area contributed by atoms with Gasteiger partial charge in [0, 0.05) is 11.4 Å². The maximum atomic E-state index is 12.2. The Morgan fingerprint density at radius 2 is 2.41 bits per heavy atom. The van der Waals surface area contributed by atoms with Crippen molar-refractivity contribution in [3.05, 3.63) is 27.5 Å². The number of thiazole rings is 1. The summed E-state index contributed by atoms with van der Waals surface area (Å²) in [5.74, 6) is 0.525. The molecule has 2 N–H and O–H groups in total. The Balaban J connectivity index is 1.59. The molecule has 1 aliphatic rings. The number of halogens is 1. The third-order valence-electron chi connectivity index (χ3n) is 3.81. The normalized spacial score (nSPS) is 21.7. The largest absolute Gasteiger partial charge is 0.353 e. The number of nitrogens with one attached hydrogen (secondary N) is 2. The van der Waals surface area contributed by atoms with Gasteiger partial charge in [0.25, 0.3) is 0 Å². The fourth-order valence-corrected chi connectivity index (χ4v) is 4.52. The molecule has 1 aliphatic heterocycles. The fourth-order valence-electron chi connectivity index (χ4n) is 2.58. The number of nitrogens with zero attached hydrogens (tertiary/aromatic N) is 1. The summed E-state index contributed by atoms with van der Waals surface area (Å²) in [6.07, 6.45) is 1.33. The van der Waals surface area contributed by atoms with Gasteiger partial charge in [-0.2, -0.15) is 0 Å². The van der Waals surface area contributed by atoms with E-state index in [9.17, 15) is 4.79 Å². The van der Waals surface area contributed by atoms with Gasteiger partial charge in [-0.05, 0) is 37.6 Å². The number of piperidine rings is 1. The molecular formula is C15H18ClN3OS2. The van der Waals surface area contributed by atoms with Crippen molar-refractivity contribution in [1.82, 2.24) is 15.6 Å². The molecule has 3 rings (SSSR count). The molecule has 0 bridgehead atoms. The SMILES string of the molecule is CC1CNCCC1NC(=O)Cc1csc(-c2ccc(Cl)s2)n1. The zero-order chi connectivity index (χ0) is 15.5. The Morgan fingerprint density at radius 1 is 1.55 bits per heavy atom. The van der Waals surface area contributed by atoms with Crippen LogP contribution in [0.2, 0.25) is 4.34 Å². The van der Waals surface area contributed by atoms with Crippen molar-refractivity contribution >= 4 is 40.2 Å². The summed E-state index contributed by atoms with van der Waals surface area (Å²) < 4.78 is 0.754. The summed E-state index contributed by atoms with van der Waals surface area (Å²) in [7, 11) is 0. The molecule has 2 aromatic rings. The minimum Gasteiger partial charge on any atom is -0.353 e. The van der Waals surface area contributed by atoms with E-state index in [1.165, 1.54) is 11.3 Å². The topological polar surface area (TPSA) is 54.0 Å². The molecule has 118 valence electrons. The summed E-state index contributed by atoms with van der Waals surface area (Å²) in [6.45, 7) is 4.10. The van der Waals surface area contributed by atoms with E-state index < -0.39 is 0 Å². The first-order chi connectivity index (χ1) is 10.6. The van der Waals surface area contributed by atoms with Gasteiger partial charge in [0.05, 0.1) is 21.3 Å². The molecule has 0 aromatic carbocycles. The monoisotopic (exact) mass is 355 g/mol. The molecule has 1 fully saturated rings. The second-order valence-corrected chi connectivity index (χ2v) is 8.14. The number of hydrogen-bond acceptors (Lipinski definition) is 5. The third-order valence-corrected chi connectivity index (χ3v) is 6.10. The maximum absolute atomic E-state index is 12.2. The third kappa shape index (κ3) is 3.87. The number of rotatable bonds is 4. The molecule has 2 aromatic heterocycles. The zero-order valence-corrected chi connectivity index (χ0v) is 14.7. The molecular weight excluding hydrogens is 338 g/mol. The van der Waals surface area contributed by atoms with Crippen LogP contribution in [0.25, 0.3) is 9.88 Å². The van der Waals surface area contributed by atoms with Gasteiger partial charge >= 0.3 is 0 Å². The van der Waals surface area contributed by atoms with E-state index >= 15 is 0 Å². The first kappa shape index (κ1) is 15.9. The van der Waals surface area contributed by atoms with Gasteiger partial charge in [-0.25, -0.2) is 4.98 Å². The second kappa shape index (κ2) is 7.08. The standard InChI is InChI=1S/C15H18ClN3OS2/c1-9-7-17-5-4-11(9)19-14(20)6-10-8-21-15(18-10)12-2-3-13(16)22-12/h2-3,8-9,11,17H,4-7H2,1H3,(H,19,20). The van der Waals surface area contributed by atoms with Crippen molar-refractivity contribution in [2.75, 3.05) is 13.1 Å². The Kier molecular flexibility index (Phi) is 5.13. The number of carbonyl (C=O) groups excluding carboxylic acids is 1. The first-order valence-electron chi connectivity index (χ1n) is 7.32. The van der Waals surface area contributed by atoms with Crippen LogP contribution in [0.15, 0.2) is 17.5 Å². The lowest BCUT2D eigenvalue weighted by Gasteiger charge is -2.30. The first-order valence-corrected chi connectivity index (χ1v) is 9.39. The van der Waals surface area contributed by atoms with Crippen molar-refractivity contribution in [2.45, 2.75) is 25.8 Å². The van der Waals surface area contributed by atoms with Gasteiger partial charge in [0.1, 0.15) is 5.01 Å². The maximum Gasteiger partial charge on any atom is 0.226 e.